The maximum Gasteiger partial charge on any atom is 0.211 e. The molecule has 1 aliphatic rings. The highest BCUT2D eigenvalue weighted by molar-refractivity contribution is 14.0. The minimum Gasteiger partial charge on any atom is -0.357 e. The Balaban J connectivity index is 0.00000529. The van der Waals surface area contributed by atoms with E-state index >= 15 is 0 Å². The van der Waals surface area contributed by atoms with E-state index in [1.807, 2.05) is 0 Å². The summed E-state index contributed by atoms with van der Waals surface area (Å²) in [4.78, 5) is 4.66. The van der Waals surface area contributed by atoms with Crippen molar-refractivity contribution in [2.24, 2.45) is 22.7 Å². The van der Waals surface area contributed by atoms with Crippen LogP contribution < -0.4 is 10.6 Å². The number of hydrogen-bond donors (Lipinski definition) is 2. The zero-order valence-corrected chi connectivity index (χ0v) is 18.9. The van der Waals surface area contributed by atoms with Crippen molar-refractivity contribution >= 4 is 40.0 Å². The summed E-state index contributed by atoms with van der Waals surface area (Å²) in [7, 11) is -3.04. The number of aliphatic imine (C=N–C) groups is 1. The third kappa shape index (κ3) is 8.84. The Hall–Kier alpha value is -0.0900. The summed E-state index contributed by atoms with van der Waals surface area (Å²) in [6, 6.07) is 0. The van der Waals surface area contributed by atoms with E-state index in [1.54, 1.807) is 4.31 Å². The van der Waals surface area contributed by atoms with Gasteiger partial charge in [-0.3, -0.25) is 4.99 Å². The molecule has 24 heavy (non-hydrogen) atoms. The summed E-state index contributed by atoms with van der Waals surface area (Å²) in [6.07, 6.45) is 3.10. The number of halogens is 1. The van der Waals surface area contributed by atoms with Crippen LogP contribution in [0, 0.1) is 17.8 Å². The van der Waals surface area contributed by atoms with Gasteiger partial charge in [0.05, 0.1) is 6.26 Å². The van der Waals surface area contributed by atoms with Gasteiger partial charge in [0.1, 0.15) is 0 Å². The highest BCUT2D eigenvalue weighted by atomic mass is 127. The maximum absolute atomic E-state index is 11.5. The molecule has 0 bridgehead atoms. The zero-order valence-electron chi connectivity index (χ0n) is 15.7. The monoisotopic (exact) mass is 474 g/mol. The van der Waals surface area contributed by atoms with Crippen LogP contribution in [0.25, 0.3) is 0 Å². The van der Waals surface area contributed by atoms with Crippen LogP contribution in [0.3, 0.4) is 0 Å². The van der Waals surface area contributed by atoms with Gasteiger partial charge in [-0.25, -0.2) is 12.7 Å². The molecule has 8 heteroatoms. The van der Waals surface area contributed by atoms with Gasteiger partial charge >= 0.3 is 0 Å². The van der Waals surface area contributed by atoms with Gasteiger partial charge in [0.25, 0.3) is 0 Å². The maximum atomic E-state index is 11.5. The largest absolute Gasteiger partial charge is 0.357 e. The summed E-state index contributed by atoms with van der Waals surface area (Å²) in [5, 5.41) is 6.69. The summed E-state index contributed by atoms with van der Waals surface area (Å²) >= 11 is 0. The number of nitrogens with zero attached hydrogens (tertiary/aromatic N) is 2. The van der Waals surface area contributed by atoms with Gasteiger partial charge in [0.15, 0.2) is 5.96 Å². The average Bonchev–Trinajstić information content (AvgIpc) is 2.49. The summed E-state index contributed by atoms with van der Waals surface area (Å²) in [5.41, 5.74) is 0. The predicted molar refractivity (Wildman–Crippen MR) is 113 cm³/mol. The fraction of sp³-hybridized carbons (Fsp3) is 0.938. The average molecular weight is 474 g/mol. The fourth-order valence-corrected chi connectivity index (χ4v) is 3.35. The third-order valence-electron chi connectivity index (χ3n) is 4.62. The molecule has 0 amide bonds. The van der Waals surface area contributed by atoms with Gasteiger partial charge in [0.2, 0.25) is 10.0 Å². The molecule has 1 unspecified atom stereocenters. The first-order chi connectivity index (χ1) is 10.7. The lowest BCUT2D eigenvalue weighted by molar-refractivity contribution is 0.274. The molecule has 0 saturated carbocycles. The Labute approximate surface area is 165 Å². The van der Waals surface area contributed by atoms with Crippen molar-refractivity contribution in [1.29, 1.82) is 0 Å². The lowest BCUT2D eigenvalue weighted by Crippen LogP contribution is -2.44. The van der Waals surface area contributed by atoms with Crippen molar-refractivity contribution in [2.45, 2.75) is 40.5 Å². The number of rotatable bonds is 7. The van der Waals surface area contributed by atoms with Crippen LogP contribution in [0.5, 0.6) is 0 Å². The van der Waals surface area contributed by atoms with Gasteiger partial charge in [0, 0.05) is 32.7 Å². The number of piperidine rings is 1. The van der Waals surface area contributed by atoms with E-state index in [1.165, 1.54) is 6.26 Å². The SMILES string of the molecule is CCNC(=NCC(C)C(C)C)NCC1CCN(S(C)(=O)=O)CC1.I. The second-order valence-corrected chi connectivity index (χ2v) is 8.91. The molecule has 0 aromatic rings. The normalized spacial score (nSPS) is 19.0. The molecule has 0 aliphatic carbocycles. The van der Waals surface area contributed by atoms with E-state index in [9.17, 15) is 8.42 Å². The molecule has 144 valence electrons. The highest BCUT2D eigenvalue weighted by Crippen LogP contribution is 2.18. The number of sulfonamides is 1. The molecule has 0 aromatic carbocycles. The Bertz CT molecular complexity index is 474. The minimum absolute atomic E-state index is 0. The molecule has 1 fully saturated rings. The van der Waals surface area contributed by atoms with Crippen LogP contribution in [0.15, 0.2) is 4.99 Å². The van der Waals surface area contributed by atoms with Crippen LogP contribution in [0.1, 0.15) is 40.5 Å². The first kappa shape index (κ1) is 23.9. The number of hydrogen-bond acceptors (Lipinski definition) is 3. The first-order valence-electron chi connectivity index (χ1n) is 8.71. The van der Waals surface area contributed by atoms with Crippen molar-refractivity contribution in [3.05, 3.63) is 0 Å². The van der Waals surface area contributed by atoms with Gasteiger partial charge < -0.3 is 10.6 Å². The van der Waals surface area contributed by atoms with Gasteiger partial charge in [-0.1, -0.05) is 20.8 Å². The molecule has 1 aliphatic heterocycles. The lowest BCUT2D eigenvalue weighted by Gasteiger charge is -2.30. The topological polar surface area (TPSA) is 73.8 Å². The first-order valence-corrected chi connectivity index (χ1v) is 10.6. The van der Waals surface area contributed by atoms with Crippen LogP contribution in [0.4, 0.5) is 0 Å². The predicted octanol–water partition coefficient (Wildman–Crippen LogP) is 2.12. The van der Waals surface area contributed by atoms with Crippen molar-refractivity contribution in [3.8, 4) is 0 Å². The molecule has 0 aromatic heterocycles. The molecular weight excluding hydrogens is 439 g/mol. The zero-order chi connectivity index (χ0) is 17.5. The van der Waals surface area contributed by atoms with Gasteiger partial charge in [-0.2, -0.15) is 0 Å². The van der Waals surface area contributed by atoms with Crippen LogP contribution in [-0.2, 0) is 10.0 Å². The Kier molecular flexibility index (Phi) is 11.5. The summed E-state index contributed by atoms with van der Waals surface area (Å²) in [5.74, 6) is 2.55. The third-order valence-corrected chi connectivity index (χ3v) is 5.92. The van der Waals surface area contributed by atoms with Gasteiger partial charge in [-0.15, -0.1) is 24.0 Å². The van der Waals surface area contributed by atoms with Crippen LogP contribution in [-0.4, -0.2) is 57.7 Å². The standard InChI is InChI=1S/C16H34N4O2S.HI/c1-6-17-16(18-11-14(4)13(2)3)19-12-15-7-9-20(10-8-15)23(5,21)22;/h13-15H,6-12H2,1-5H3,(H2,17,18,19);1H. The lowest BCUT2D eigenvalue weighted by atomic mass is 9.98. The van der Waals surface area contributed by atoms with E-state index in [0.29, 0.717) is 30.8 Å². The molecule has 1 heterocycles. The molecule has 2 N–H and O–H groups in total. The summed E-state index contributed by atoms with van der Waals surface area (Å²) < 4.78 is 24.6. The Morgan fingerprint density at radius 3 is 2.25 bits per heavy atom. The molecule has 0 radical (unpaired) electrons. The van der Waals surface area contributed by atoms with Crippen molar-refractivity contribution in [1.82, 2.24) is 14.9 Å². The van der Waals surface area contributed by atoms with E-state index in [-0.39, 0.29) is 24.0 Å². The quantitative estimate of drug-likeness (QED) is 0.337. The smallest absolute Gasteiger partial charge is 0.211 e. The van der Waals surface area contributed by atoms with Crippen molar-refractivity contribution in [3.63, 3.8) is 0 Å². The molecule has 1 rings (SSSR count). The fourth-order valence-electron chi connectivity index (χ4n) is 2.47. The molecular formula is C16H35IN4O2S. The number of nitrogens with one attached hydrogen (secondary N) is 2. The van der Waals surface area contributed by atoms with Gasteiger partial charge in [-0.05, 0) is 37.5 Å². The van der Waals surface area contributed by atoms with E-state index in [4.69, 9.17) is 0 Å². The Morgan fingerprint density at radius 2 is 1.79 bits per heavy atom. The highest BCUT2D eigenvalue weighted by Gasteiger charge is 2.24. The second kappa shape index (κ2) is 11.5. The van der Waals surface area contributed by atoms with E-state index < -0.39 is 10.0 Å². The second-order valence-electron chi connectivity index (χ2n) is 6.93. The van der Waals surface area contributed by atoms with Crippen LogP contribution >= 0.6 is 24.0 Å². The van der Waals surface area contributed by atoms with E-state index in [2.05, 4.69) is 43.3 Å². The molecule has 1 saturated heterocycles. The van der Waals surface area contributed by atoms with Crippen molar-refractivity contribution in [2.75, 3.05) is 39.0 Å². The molecule has 6 nitrogen and oxygen atoms in total. The molecule has 1 atom stereocenters. The molecule has 0 spiro atoms. The van der Waals surface area contributed by atoms with Crippen LogP contribution in [0.2, 0.25) is 0 Å². The summed E-state index contributed by atoms with van der Waals surface area (Å²) in [6.45, 7) is 12.5. The minimum atomic E-state index is -3.04. The van der Waals surface area contributed by atoms with Crippen molar-refractivity contribution < 1.29 is 8.42 Å². The number of guanidine groups is 1. The van der Waals surface area contributed by atoms with E-state index in [0.717, 1.165) is 38.4 Å². The Morgan fingerprint density at radius 1 is 1.21 bits per heavy atom.